The summed E-state index contributed by atoms with van der Waals surface area (Å²) in [5.41, 5.74) is 2.03. The Hall–Kier alpha value is -2.29. The Balaban J connectivity index is 1.41. The van der Waals surface area contributed by atoms with E-state index in [9.17, 15) is 8.42 Å². The molecule has 1 saturated heterocycles. The van der Waals surface area contributed by atoms with Crippen LogP contribution in [0.1, 0.15) is 18.1 Å². The van der Waals surface area contributed by atoms with E-state index in [0.717, 1.165) is 41.3 Å². The normalized spacial score (nSPS) is 17.4. The molecule has 1 fully saturated rings. The number of hydrogen-bond donors (Lipinski definition) is 0. The predicted octanol–water partition coefficient (Wildman–Crippen LogP) is 2.49. The smallest absolute Gasteiger partial charge is 0.243 e. The van der Waals surface area contributed by atoms with Crippen molar-refractivity contribution in [3.05, 3.63) is 47.5 Å². The molecular formula is C21H26N2O5S. The van der Waals surface area contributed by atoms with Gasteiger partial charge in [0.2, 0.25) is 16.8 Å². The van der Waals surface area contributed by atoms with Crippen molar-refractivity contribution in [2.45, 2.75) is 24.8 Å². The van der Waals surface area contributed by atoms with E-state index in [1.807, 2.05) is 25.1 Å². The third kappa shape index (κ3) is 4.05. The van der Waals surface area contributed by atoms with Crippen LogP contribution in [0.3, 0.4) is 0 Å². The van der Waals surface area contributed by atoms with E-state index in [2.05, 4.69) is 4.90 Å². The molecule has 29 heavy (non-hydrogen) atoms. The summed E-state index contributed by atoms with van der Waals surface area (Å²) in [5, 5.41) is 0. The maximum atomic E-state index is 13.1. The Labute approximate surface area is 171 Å². The molecule has 0 amide bonds. The second kappa shape index (κ2) is 8.22. The highest BCUT2D eigenvalue weighted by Gasteiger charge is 2.29. The van der Waals surface area contributed by atoms with E-state index < -0.39 is 10.0 Å². The van der Waals surface area contributed by atoms with E-state index >= 15 is 0 Å². The second-order valence-corrected chi connectivity index (χ2v) is 9.13. The van der Waals surface area contributed by atoms with Gasteiger partial charge in [-0.05, 0) is 47.9 Å². The summed E-state index contributed by atoms with van der Waals surface area (Å²) in [5.74, 6) is 2.27. The van der Waals surface area contributed by atoms with Gasteiger partial charge in [0.25, 0.3) is 0 Å². The lowest BCUT2D eigenvalue weighted by Crippen LogP contribution is -2.48. The standard InChI is InChI=1S/C21H26N2O5S/c1-3-17-13-18(5-7-19(17)26-2)29(24,25)23-10-8-22(9-11-23)14-16-4-6-20-21(12-16)28-15-27-20/h4-7,12-13H,3,8-11,14-15H2,1-2H3. The first-order valence-electron chi connectivity index (χ1n) is 9.79. The number of rotatable bonds is 6. The maximum Gasteiger partial charge on any atom is 0.243 e. The van der Waals surface area contributed by atoms with Gasteiger partial charge in [-0.15, -0.1) is 0 Å². The quantitative estimate of drug-likeness (QED) is 0.718. The van der Waals surface area contributed by atoms with Crippen LogP contribution < -0.4 is 14.2 Å². The van der Waals surface area contributed by atoms with Gasteiger partial charge < -0.3 is 14.2 Å². The van der Waals surface area contributed by atoms with E-state index in [1.165, 1.54) is 0 Å². The number of benzene rings is 2. The highest BCUT2D eigenvalue weighted by molar-refractivity contribution is 7.89. The van der Waals surface area contributed by atoms with Gasteiger partial charge in [-0.25, -0.2) is 8.42 Å². The summed E-state index contributed by atoms with van der Waals surface area (Å²) in [7, 11) is -1.91. The molecule has 4 rings (SSSR count). The Morgan fingerprint density at radius 1 is 1.00 bits per heavy atom. The first-order valence-corrected chi connectivity index (χ1v) is 11.2. The molecule has 2 heterocycles. The second-order valence-electron chi connectivity index (χ2n) is 7.20. The largest absolute Gasteiger partial charge is 0.496 e. The van der Waals surface area contributed by atoms with Crippen molar-refractivity contribution in [3.63, 3.8) is 0 Å². The number of piperazine rings is 1. The molecule has 2 aliphatic rings. The van der Waals surface area contributed by atoms with Crippen LogP contribution in [-0.2, 0) is 23.0 Å². The zero-order valence-corrected chi connectivity index (χ0v) is 17.6. The Kier molecular flexibility index (Phi) is 5.67. The fourth-order valence-electron chi connectivity index (χ4n) is 3.77. The van der Waals surface area contributed by atoms with Crippen LogP contribution in [0.2, 0.25) is 0 Å². The van der Waals surface area contributed by atoms with E-state index in [-0.39, 0.29) is 6.79 Å². The van der Waals surface area contributed by atoms with Gasteiger partial charge in [-0.2, -0.15) is 4.31 Å². The first-order chi connectivity index (χ1) is 14.0. The molecule has 7 nitrogen and oxygen atoms in total. The van der Waals surface area contributed by atoms with Crippen molar-refractivity contribution in [1.29, 1.82) is 0 Å². The molecule has 0 spiro atoms. The number of sulfonamides is 1. The summed E-state index contributed by atoms with van der Waals surface area (Å²) < 4.78 is 43.8. The molecule has 0 unspecified atom stereocenters. The van der Waals surface area contributed by atoms with Crippen LogP contribution in [0, 0.1) is 0 Å². The van der Waals surface area contributed by atoms with E-state index in [4.69, 9.17) is 14.2 Å². The minimum absolute atomic E-state index is 0.264. The molecule has 0 saturated carbocycles. The number of fused-ring (bicyclic) bond motifs is 1. The van der Waals surface area contributed by atoms with Gasteiger partial charge in [-0.3, -0.25) is 4.90 Å². The minimum Gasteiger partial charge on any atom is -0.496 e. The summed E-state index contributed by atoms with van der Waals surface area (Å²) in [6.45, 7) is 5.33. The van der Waals surface area contributed by atoms with Crippen molar-refractivity contribution < 1.29 is 22.6 Å². The van der Waals surface area contributed by atoms with Crippen molar-refractivity contribution in [2.75, 3.05) is 40.1 Å². The van der Waals surface area contributed by atoms with Gasteiger partial charge in [0.1, 0.15) is 5.75 Å². The van der Waals surface area contributed by atoms with Crippen LogP contribution in [0.25, 0.3) is 0 Å². The zero-order chi connectivity index (χ0) is 20.4. The summed E-state index contributed by atoms with van der Waals surface area (Å²) >= 11 is 0. The van der Waals surface area contributed by atoms with Crippen LogP contribution in [0.5, 0.6) is 17.2 Å². The number of hydrogen-bond acceptors (Lipinski definition) is 6. The molecule has 2 aromatic carbocycles. The van der Waals surface area contributed by atoms with E-state index in [0.29, 0.717) is 31.1 Å². The zero-order valence-electron chi connectivity index (χ0n) is 16.8. The van der Waals surface area contributed by atoms with Crippen LogP contribution in [-0.4, -0.2) is 57.7 Å². The van der Waals surface area contributed by atoms with Gasteiger partial charge in [0.05, 0.1) is 12.0 Å². The number of ether oxygens (including phenoxy) is 3. The average Bonchev–Trinajstić information content (AvgIpc) is 3.21. The molecular weight excluding hydrogens is 392 g/mol. The lowest BCUT2D eigenvalue weighted by molar-refractivity contribution is 0.173. The molecule has 0 aliphatic carbocycles. The monoisotopic (exact) mass is 418 g/mol. The molecule has 0 radical (unpaired) electrons. The molecule has 8 heteroatoms. The number of nitrogens with zero attached hydrogens (tertiary/aromatic N) is 2. The molecule has 2 aromatic rings. The van der Waals surface area contributed by atoms with Gasteiger partial charge >= 0.3 is 0 Å². The van der Waals surface area contributed by atoms with Gasteiger partial charge in [-0.1, -0.05) is 13.0 Å². The van der Waals surface area contributed by atoms with Gasteiger partial charge in [0.15, 0.2) is 11.5 Å². The van der Waals surface area contributed by atoms with Crippen molar-refractivity contribution >= 4 is 10.0 Å². The van der Waals surface area contributed by atoms with Crippen molar-refractivity contribution in [1.82, 2.24) is 9.21 Å². The molecule has 156 valence electrons. The minimum atomic E-state index is -3.51. The summed E-state index contributed by atoms with van der Waals surface area (Å²) in [6.07, 6.45) is 0.718. The van der Waals surface area contributed by atoms with Crippen LogP contribution in [0.4, 0.5) is 0 Å². The fourth-order valence-corrected chi connectivity index (χ4v) is 5.24. The van der Waals surface area contributed by atoms with E-state index in [1.54, 1.807) is 29.6 Å². The topological polar surface area (TPSA) is 68.3 Å². The molecule has 0 N–H and O–H groups in total. The molecule has 0 atom stereocenters. The first kappa shape index (κ1) is 20.0. The molecule has 2 aliphatic heterocycles. The number of aryl methyl sites for hydroxylation is 1. The Bertz CT molecular complexity index is 985. The SMILES string of the molecule is CCc1cc(S(=O)(=O)N2CCN(Cc3ccc4c(c3)OCO4)CC2)ccc1OC. The van der Waals surface area contributed by atoms with Crippen molar-refractivity contribution in [3.8, 4) is 17.2 Å². The summed E-state index contributed by atoms with van der Waals surface area (Å²) in [6, 6.07) is 11.0. The van der Waals surface area contributed by atoms with Crippen LogP contribution >= 0.6 is 0 Å². The van der Waals surface area contributed by atoms with Crippen molar-refractivity contribution in [2.24, 2.45) is 0 Å². The average molecular weight is 419 g/mol. The summed E-state index contributed by atoms with van der Waals surface area (Å²) in [4.78, 5) is 2.59. The number of methoxy groups -OCH3 is 1. The predicted molar refractivity (Wildman–Crippen MR) is 109 cm³/mol. The Morgan fingerprint density at radius 2 is 1.76 bits per heavy atom. The molecule has 0 aromatic heterocycles. The highest BCUT2D eigenvalue weighted by Crippen LogP contribution is 2.33. The maximum absolute atomic E-state index is 13.1. The third-order valence-electron chi connectivity index (χ3n) is 5.44. The fraction of sp³-hybridized carbons (Fsp3) is 0.429. The lowest BCUT2D eigenvalue weighted by Gasteiger charge is -2.34. The Morgan fingerprint density at radius 3 is 2.48 bits per heavy atom. The molecule has 0 bridgehead atoms. The third-order valence-corrected chi connectivity index (χ3v) is 7.34. The highest BCUT2D eigenvalue weighted by atomic mass is 32.2. The van der Waals surface area contributed by atoms with Gasteiger partial charge in [0, 0.05) is 32.7 Å². The lowest BCUT2D eigenvalue weighted by atomic mass is 10.1. The van der Waals surface area contributed by atoms with Crippen LogP contribution in [0.15, 0.2) is 41.3 Å².